The molecule has 0 bridgehead atoms. The Balaban J connectivity index is 2.08. The van der Waals surface area contributed by atoms with Crippen molar-refractivity contribution in [1.29, 1.82) is 0 Å². The van der Waals surface area contributed by atoms with Gasteiger partial charge in [-0.3, -0.25) is 0 Å². The zero-order chi connectivity index (χ0) is 14.5. The number of ether oxygens (including phenoxy) is 1. The molecule has 2 rings (SSSR count). The second-order valence-corrected chi connectivity index (χ2v) is 5.88. The van der Waals surface area contributed by atoms with E-state index in [0.717, 1.165) is 49.1 Å². The van der Waals surface area contributed by atoms with Crippen LogP contribution in [-0.2, 0) is 11.3 Å². The highest BCUT2D eigenvalue weighted by Crippen LogP contribution is 2.28. The summed E-state index contributed by atoms with van der Waals surface area (Å²) in [6.45, 7) is 9.76. The molecule has 1 N–H and O–H groups in total. The first-order valence-corrected chi connectivity index (χ1v) is 7.73. The largest absolute Gasteiger partial charge is 0.375 e. The molecule has 112 valence electrons. The molecule has 2 atom stereocenters. The quantitative estimate of drug-likeness (QED) is 0.848. The average Bonchev–Trinajstić information content (AvgIpc) is 2.42. The van der Waals surface area contributed by atoms with Crippen molar-refractivity contribution in [2.45, 2.75) is 45.9 Å². The van der Waals surface area contributed by atoms with E-state index in [0.29, 0.717) is 6.04 Å². The second kappa shape index (κ2) is 7.25. The Hall–Kier alpha value is -0.840. The van der Waals surface area contributed by atoms with Gasteiger partial charge in [-0.15, -0.1) is 0 Å². The van der Waals surface area contributed by atoms with Crippen LogP contribution in [0.2, 0.25) is 5.02 Å². The lowest BCUT2D eigenvalue weighted by Crippen LogP contribution is -2.47. The molecule has 1 fully saturated rings. The fourth-order valence-electron chi connectivity index (χ4n) is 2.39. The van der Waals surface area contributed by atoms with Crippen LogP contribution in [0.15, 0.2) is 12.3 Å². The first-order valence-electron chi connectivity index (χ1n) is 7.35. The standard InChI is InChI=1S/C15H24ClN3O/c1-4-5-17-7-13-6-14(16)15(18-8-13)19-9-12(3)20-10-11(19)2/h6,8,11-12,17H,4-5,7,9-10H2,1-3H3. The van der Waals surface area contributed by atoms with Crippen LogP contribution in [0.3, 0.4) is 0 Å². The molecule has 0 amide bonds. The molecular formula is C15H24ClN3O. The molecule has 1 saturated heterocycles. The Morgan fingerprint density at radius 2 is 2.30 bits per heavy atom. The number of anilines is 1. The maximum atomic E-state index is 6.42. The lowest BCUT2D eigenvalue weighted by molar-refractivity contribution is 0.0340. The van der Waals surface area contributed by atoms with E-state index >= 15 is 0 Å². The molecule has 0 aliphatic carbocycles. The minimum absolute atomic E-state index is 0.218. The lowest BCUT2D eigenvalue weighted by atomic mass is 10.2. The van der Waals surface area contributed by atoms with Crippen molar-refractivity contribution in [2.75, 3.05) is 24.6 Å². The van der Waals surface area contributed by atoms with Crippen LogP contribution >= 0.6 is 11.6 Å². The summed E-state index contributed by atoms with van der Waals surface area (Å²) in [6, 6.07) is 2.32. The average molecular weight is 298 g/mol. The second-order valence-electron chi connectivity index (χ2n) is 5.47. The molecule has 0 spiro atoms. The smallest absolute Gasteiger partial charge is 0.147 e. The number of nitrogens with one attached hydrogen (secondary N) is 1. The van der Waals surface area contributed by atoms with Crippen molar-refractivity contribution >= 4 is 17.4 Å². The van der Waals surface area contributed by atoms with E-state index in [-0.39, 0.29) is 6.10 Å². The van der Waals surface area contributed by atoms with E-state index in [1.807, 2.05) is 12.3 Å². The lowest BCUT2D eigenvalue weighted by Gasteiger charge is -2.38. The van der Waals surface area contributed by atoms with Crippen molar-refractivity contribution in [3.63, 3.8) is 0 Å². The molecule has 5 heteroatoms. The molecular weight excluding hydrogens is 274 g/mol. The van der Waals surface area contributed by atoms with Gasteiger partial charge in [0, 0.05) is 19.3 Å². The fourth-order valence-corrected chi connectivity index (χ4v) is 2.68. The zero-order valence-corrected chi connectivity index (χ0v) is 13.3. The minimum Gasteiger partial charge on any atom is -0.375 e. The maximum absolute atomic E-state index is 6.42. The highest BCUT2D eigenvalue weighted by Gasteiger charge is 2.26. The van der Waals surface area contributed by atoms with Gasteiger partial charge in [-0.25, -0.2) is 4.98 Å². The number of nitrogens with zero attached hydrogens (tertiary/aromatic N) is 2. The van der Waals surface area contributed by atoms with E-state index in [9.17, 15) is 0 Å². The predicted octanol–water partition coefficient (Wildman–Crippen LogP) is 2.85. The number of halogens is 1. The molecule has 4 nitrogen and oxygen atoms in total. The van der Waals surface area contributed by atoms with Crippen LogP contribution in [0.4, 0.5) is 5.82 Å². The van der Waals surface area contributed by atoms with E-state index in [2.05, 4.69) is 36.0 Å². The highest BCUT2D eigenvalue weighted by atomic mass is 35.5. The SMILES string of the molecule is CCCNCc1cnc(N2CC(C)OCC2C)c(Cl)c1. The van der Waals surface area contributed by atoms with Crippen LogP contribution < -0.4 is 10.2 Å². The van der Waals surface area contributed by atoms with Gasteiger partial charge < -0.3 is 15.0 Å². The number of pyridine rings is 1. The van der Waals surface area contributed by atoms with Gasteiger partial charge in [0.2, 0.25) is 0 Å². The Bertz CT molecular complexity index is 441. The summed E-state index contributed by atoms with van der Waals surface area (Å²) in [5.74, 6) is 0.869. The number of morpholine rings is 1. The van der Waals surface area contributed by atoms with Crippen molar-refractivity contribution in [2.24, 2.45) is 0 Å². The molecule has 1 aliphatic rings. The van der Waals surface area contributed by atoms with Crippen molar-refractivity contribution in [3.05, 3.63) is 22.8 Å². The Labute approximate surface area is 126 Å². The summed E-state index contributed by atoms with van der Waals surface area (Å²) >= 11 is 6.42. The Morgan fingerprint density at radius 3 is 3.00 bits per heavy atom. The first-order chi connectivity index (χ1) is 9.61. The molecule has 0 aromatic carbocycles. The van der Waals surface area contributed by atoms with Crippen molar-refractivity contribution in [3.8, 4) is 0 Å². The van der Waals surface area contributed by atoms with Gasteiger partial charge in [0.25, 0.3) is 0 Å². The maximum Gasteiger partial charge on any atom is 0.147 e. The van der Waals surface area contributed by atoms with E-state index < -0.39 is 0 Å². The molecule has 1 aliphatic heterocycles. The number of aromatic nitrogens is 1. The zero-order valence-electron chi connectivity index (χ0n) is 12.5. The molecule has 1 aromatic rings. The summed E-state index contributed by atoms with van der Waals surface area (Å²) in [5.41, 5.74) is 1.13. The highest BCUT2D eigenvalue weighted by molar-refractivity contribution is 6.33. The van der Waals surface area contributed by atoms with Gasteiger partial charge in [0.1, 0.15) is 5.82 Å². The molecule has 2 heterocycles. The molecule has 0 saturated carbocycles. The van der Waals surface area contributed by atoms with E-state index in [1.54, 1.807) is 0 Å². The van der Waals surface area contributed by atoms with Gasteiger partial charge in [0.05, 0.1) is 23.8 Å². The molecule has 20 heavy (non-hydrogen) atoms. The molecule has 1 aromatic heterocycles. The summed E-state index contributed by atoms with van der Waals surface area (Å²) in [7, 11) is 0. The molecule has 2 unspecified atom stereocenters. The van der Waals surface area contributed by atoms with E-state index in [4.69, 9.17) is 16.3 Å². The van der Waals surface area contributed by atoms with Gasteiger partial charge in [-0.1, -0.05) is 18.5 Å². The first kappa shape index (κ1) is 15.5. The van der Waals surface area contributed by atoms with Gasteiger partial charge in [-0.05, 0) is 38.4 Å². The van der Waals surface area contributed by atoms with Crippen LogP contribution in [0.5, 0.6) is 0 Å². The molecule has 0 radical (unpaired) electrons. The van der Waals surface area contributed by atoms with Crippen molar-refractivity contribution in [1.82, 2.24) is 10.3 Å². The van der Waals surface area contributed by atoms with Gasteiger partial charge in [-0.2, -0.15) is 0 Å². The summed E-state index contributed by atoms with van der Waals surface area (Å²) in [5, 5.41) is 4.09. The van der Waals surface area contributed by atoms with Gasteiger partial charge >= 0.3 is 0 Å². The third kappa shape index (κ3) is 3.84. The van der Waals surface area contributed by atoms with Crippen LogP contribution in [0, 0.1) is 0 Å². The number of hydrogen-bond acceptors (Lipinski definition) is 4. The predicted molar refractivity (Wildman–Crippen MR) is 83.5 cm³/mol. The third-order valence-electron chi connectivity index (χ3n) is 3.51. The summed E-state index contributed by atoms with van der Waals surface area (Å²) < 4.78 is 5.65. The van der Waals surface area contributed by atoms with Crippen LogP contribution in [-0.4, -0.2) is 36.8 Å². The van der Waals surface area contributed by atoms with E-state index in [1.165, 1.54) is 0 Å². The normalized spacial score (nSPS) is 23.1. The Kier molecular flexibility index (Phi) is 5.64. The number of rotatable bonds is 5. The van der Waals surface area contributed by atoms with Crippen LogP contribution in [0.1, 0.15) is 32.8 Å². The third-order valence-corrected chi connectivity index (χ3v) is 3.79. The number of hydrogen-bond donors (Lipinski definition) is 1. The Morgan fingerprint density at radius 1 is 1.50 bits per heavy atom. The summed E-state index contributed by atoms with van der Waals surface area (Å²) in [4.78, 5) is 6.80. The minimum atomic E-state index is 0.218. The topological polar surface area (TPSA) is 37.4 Å². The van der Waals surface area contributed by atoms with Crippen molar-refractivity contribution < 1.29 is 4.74 Å². The fraction of sp³-hybridized carbons (Fsp3) is 0.667. The monoisotopic (exact) mass is 297 g/mol. The summed E-state index contributed by atoms with van der Waals surface area (Å²) in [6.07, 6.45) is 3.26. The van der Waals surface area contributed by atoms with Gasteiger partial charge in [0.15, 0.2) is 0 Å². The van der Waals surface area contributed by atoms with Crippen LogP contribution in [0.25, 0.3) is 0 Å².